The maximum atomic E-state index is 13.0. The molecule has 0 bridgehead atoms. The number of benzene rings is 2. The van der Waals surface area contributed by atoms with Crippen molar-refractivity contribution in [1.82, 2.24) is 19.5 Å². The molecule has 0 unspecified atom stereocenters. The van der Waals surface area contributed by atoms with E-state index in [1.807, 2.05) is 12.1 Å². The second-order valence-electron chi connectivity index (χ2n) is 9.39. The second kappa shape index (κ2) is 11.1. The Hall–Kier alpha value is -4.05. The molecular formula is C28H34N6O4. The van der Waals surface area contributed by atoms with Gasteiger partial charge in [0.05, 0.1) is 32.2 Å². The molecule has 0 spiro atoms. The molecule has 2 aromatic heterocycles. The summed E-state index contributed by atoms with van der Waals surface area (Å²) in [7, 11) is 4.55. The van der Waals surface area contributed by atoms with Crippen LogP contribution in [0.4, 0.5) is 5.82 Å². The van der Waals surface area contributed by atoms with E-state index in [1.165, 1.54) is 21.3 Å². The zero-order valence-corrected chi connectivity index (χ0v) is 22.1. The largest absolute Gasteiger partial charge is 0.493 e. The fourth-order valence-corrected chi connectivity index (χ4v) is 5.07. The lowest BCUT2D eigenvalue weighted by Gasteiger charge is -2.35. The lowest BCUT2D eigenvalue weighted by Crippen LogP contribution is -2.46. The van der Waals surface area contributed by atoms with Crippen LogP contribution in [-0.2, 0) is 6.42 Å². The predicted molar refractivity (Wildman–Crippen MR) is 149 cm³/mol. The van der Waals surface area contributed by atoms with E-state index in [0.29, 0.717) is 40.4 Å². The van der Waals surface area contributed by atoms with E-state index in [-0.39, 0.29) is 5.56 Å². The van der Waals surface area contributed by atoms with Crippen LogP contribution >= 0.6 is 0 Å². The Morgan fingerprint density at radius 3 is 2.39 bits per heavy atom. The Morgan fingerprint density at radius 2 is 1.66 bits per heavy atom. The minimum Gasteiger partial charge on any atom is -0.493 e. The van der Waals surface area contributed by atoms with Crippen LogP contribution in [0.25, 0.3) is 21.8 Å². The molecule has 2 aromatic carbocycles. The summed E-state index contributed by atoms with van der Waals surface area (Å²) in [5, 5.41) is 1.49. The highest BCUT2D eigenvalue weighted by Crippen LogP contribution is 2.41. The molecule has 0 amide bonds. The van der Waals surface area contributed by atoms with Crippen molar-refractivity contribution >= 4 is 27.6 Å². The predicted octanol–water partition coefficient (Wildman–Crippen LogP) is 2.83. The van der Waals surface area contributed by atoms with Gasteiger partial charge < -0.3 is 25.0 Å². The Bertz CT molecular complexity index is 1500. The molecule has 4 aromatic rings. The van der Waals surface area contributed by atoms with Crippen LogP contribution in [0.1, 0.15) is 18.7 Å². The van der Waals surface area contributed by atoms with Gasteiger partial charge in [-0.15, -0.1) is 0 Å². The van der Waals surface area contributed by atoms with Crippen molar-refractivity contribution < 1.29 is 14.2 Å². The van der Waals surface area contributed by atoms with Gasteiger partial charge in [0.15, 0.2) is 11.5 Å². The van der Waals surface area contributed by atoms with Crippen molar-refractivity contribution in [2.75, 3.05) is 64.8 Å². The van der Waals surface area contributed by atoms with Gasteiger partial charge in [-0.2, -0.15) is 0 Å². The first-order chi connectivity index (χ1) is 18.5. The van der Waals surface area contributed by atoms with Crippen molar-refractivity contribution in [2.24, 2.45) is 0 Å². The normalized spacial score (nSPS) is 14.2. The van der Waals surface area contributed by atoms with Crippen molar-refractivity contribution in [1.29, 1.82) is 0 Å². The van der Waals surface area contributed by atoms with Crippen LogP contribution in [0.15, 0.2) is 47.3 Å². The number of nitrogens with two attached hydrogens (primary N) is 1. The van der Waals surface area contributed by atoms with Gasteiger partial charge in [-0.3, -0.25) is 9.69 Å². The molecule has 1 aliphatic heterocycles. The molecule has 3 heterocycles. The Kier molecular flexibility index (Phi) is 7.50. The van der Waals surface area contributed by atoms with Crippen LogP contribution in [0.5, 0.6) is 17.2 Å². The number of hydrogen-bond acceptors (Lipinski definition) is 9. The molecule has 0 aliphatic carbocycles. The molecule has 1 saturated heterocycles. The van der Waals surface area contributed by atoms with Crippen molar-refractivity contribution in [3.8, 4) is 17.2 Å². The Labute approximate surface area is 221 Å². The summed E-state index contributed by atoms with van der Waals surface area (Å²) in [6.45, 7) is 4.86. The lowest BCUT2D eigenvalue weighted by molar-refractivity contribution is 0.252. The molecule has 10 heteroatoms. The van der Waals surface area contributed by atoms with Crippen LogP contribution in [-0.4, -0.2) is 73.6 Å². The van der Waals surface area contributed by atoms with Gasteiger partial charge in [0, 0.05) is 38.0 Å². The van der Waals surface area contributed by atoms with Gasteiger partial charge >= 0.3 is 0 Å². The van der Waals surface area contributed by atoms with Crippen molar-refractivity contribution in [3.63, 3.8) is 0 Å². The smallest absolute Gasteiger partial charge is 0.280 e. The highest BCUT2D eigenvalue weighted by molar-refractivity contribution is 5.89. The topological polar surface area (TPSA) is 108 Å². The number of pyridine rings is 1. The van der Waals surface area contributed by atoms with E-state index < -0.39 is 0 Å². The molecule has 10 nitrogen and oxygen atoms in total. The number of unbranched alkanes of at least 4 members (excludes halogenated alkanes) is 1. The van der Waals surface area contributed by atoms with E-state index in [1.54, 1.807) is 6.07 Å². The zero-order valence-electron chi connectivity index (χ0n) is 22.1. The third-order valence-electron chi connectivity index (χ3n) is 7.18. The van der Waals surface area contributed by atoms with Crippen LogP contribution in [0.2, 0.25) is 0 Å². The molecule has 200 valence electrons. The molecule has 0 atom stereocenters. The quantitative estimate of drug-likeness (QED) is 0.264. The fraction of sp³-hybridized carbons (Fsp3) is 0.393. The first-order valence-corrected chi connectivity index (χ1v) is 12.9. The summed E-state index contributed by atoms with van der Waals surface area (Å²) in [4.78, 5) is 27.4. The molecule has 1 aliphatic rings. The van der Waals surface area contributed by atoms with Crippen molar-refractivity contribution in [2.45, 2.75) is 19.3 Å². The van der Waals surface area contributed by atoms with Crippen molar-refractivity contribution in [3.05, 3.63) is 58.6 Å². The van der Waals surface area contributed by atoms with E-state index in [0.717, 1.165) is 67.0 Å². The fourth-order valence-electron chi connectivity index (χ4n) is 5.07. The summed E-state index contributed by atoms with van der Waals surface area (Å²) in [5.74, 6) is 8.84. The number of nitrogen functional groups attached to an aromatic ring is 1. The summed E-state index contributed by atoms with van der Waals surface area (Å²) < 4.78 is 17.5. The zero-order chi connectivity index (χ0) is 26.6. The minimum absolute atomic E-state index is 0.324. The number of aromatic nitrogens is 3. The Morgan fingerprint density at radius 1 is 0.895 bits per heavy atom. The molecule has 0 radical (unpaired) electrons. The standard InChI is InChI=1S/C28H34N6O4/c1-36-22-18-20-25(27(38-3)26(22)37-2)31-24(34(29)28(20)35)10-6-7-13-32-14-16-33(17-15-32)23-12-11-19-8-4-5-9-21(19)30-23/h4-5,8-9,11-12,18H,6-7,10,13-17,29H2,1-3H3. The second-order valence-corrected chi connectivity index (χ2v) is 9.39. The van der Waals surface area contributed by atoms with E-state index in [2.05, 4.69) is 39.0 Å². The average Bonchev–Trinajstić information content (AvgIpc) is 2.96. The van der Waals surface area contributed by atoms with Crippen LogP contribution in [0.3, 0.4) is 0 Å². The summed E-state index contributed by atoms with van der Waals surface area (Å²) >= 11 is 0. The molecular weight excluding hydrogens is 484 g/mol. The maximum absolute atomic E-state index is 13.0. The summed E-state index contributed by atoms with van der Waals surface area (Å²) in [5.41, 5.74) is 1.11. The van der Waals surface area contributed by atoms with Crippen LogP contribution < -0.4 is 30.5 Å². The third kappa shape index (κ3) is 4.91. The number of hydrogen-bond donors (Lipinski definition) is 1. The number of fused-ring (bicyclic) bond motifs is 2. The summed E-state index contributed by atoms with van der Waals surface area (Å²) in [6, 6.07) is 14.1. The van der Waals surface area contributed by atoms with Gasteiger partial charge in [0.1, 0.15) is 17.2 Å². The van der Waals surface area contributed by atoms with E-state index in [9.17, 15) is 4.79 Å². The molecule has 1 fully saturated rings. The molecule has 2 N–H and O–H groups in total. The first-order valence-electron chi connectivity index (χ1n) is 12.9. The minimum atomic E-state index is -0.345. The van der Waals surface area contributed by atoms with Gasteiger partial charge in [0.2, 0.25) is 5.75 Å². The highest BCUT2D eigenvalue weighted by atomic mass is 16.5. The number of aryl methyl sites for hydroxylation is 1. The number of rotatable bonds is 9. The van der Waals surface area contributed by atoms with E-state index in [4.69, 9.17) is 25.0 Å². The van der Waals surface area contributed by atoms with E-state index >= 15 is 0 Å². The molecule has 0 saturated carbocycles. The SMILES string of the molecule is COc1cc2c(=O)n(N)c(CCCCN3CCN(c4ccc5ccccc5n4)CC3)nc2c(OC)c1OC. The number of ether oxygens (including phenoxy) is 3. The highest BCUT2D eigenvalue weighted by Gasteiger charge is 2.22. The summed E-state index contributed by atoms with van der Waals surface area (Å²) in [6.07, 6.45) is 2.42. The van der Waals surface area contributed by atoms with Gasteiger partial charge in [0.25, 0.3) is 5.56 Å². The van der Waals surface area contributed by atoms with Crippen LogP contribution in [0, 0.1) is 0 Å². The number of piperazine rings is 1. The monoisotopic (exact) mass is 518 g/mol. The Balaban J connectivity index is 1.19. The number of nitrogens with zero attached hydrogens (tertiary/aromatic N) is 5. The van der Waals surface area contributed by atoms with Gasteiger partial charge in [-0.1, -0.05) is 18.2 Å². The van der Waals surface area contributed by atoms with Gasteiger partial charge in [-0.05, 0) is 43.7 Å². The molecule has 5 rings (SSSR count). The maximum Gasteiger partial charge on any atom is 0.280 e. The molecule has 38 heavy (non-hydrogen) atoms. The number of methoxy groups -OCH3 is 3. The number of anilines is 1. The number of para-hydroxylation sites is 1. The van der Waals surface area contributed by atoms with Gasteiger partial charge in [-0.25, -0.2) is 14.6 Å². The average molecular weight is 519 g/mol. The third-order valence-corrected chi connectivity index (χ3v) is 7.18. The first kappa shape index (κ1) is 25.6. The lowest BCUT2D eigenvalue weighted by atomic mass is 10.1.